The lowest BCUT2D eigenvalue weighted by molar-refractivity contribution is -0.150. The number of aliphatic carboxylic acids is 1. The first kappa shape index (κ1) is 12.4. The molecule has 1 aliphatic heterocycles. The number of hydrogen-bond acceptors (Lipinski definition) is 2. The van der Waals surface area contributed by atoms with E-state index in [1.54, 1.807) is 6.07 Å². The molecule has 0 atom stereocenters. The number of carboxylic acids is 1. The summed E-state index contributed by atoms with van der Waals surface area (Å²) in [6, 6.07) is 7.47. The van der Waals surface area contributed by atoms with Crippen molar-refractivity contribution in [2.75, 3.05) is 13.1 Å². The third-order valence-corrected chi connectivity index (χ3v) is 3.68. The molecule has 0 bridgehead atoms. The molecule has 4 heteroatoms. The largest absolute Gasteiger partial charge is 0.481 e. The fourth-order valence-electron chi connectivity index (χ4n) is 2.41. The molecule has 0 unspecified atom stereocenters. The average molecular weight is 254 g/mol. The second kappa shape index (κ2) is 5.07. The molecule has 92 valence electrons. The lowest BCUT2D eigenvalue weighted by atomic mass is 9.74. The van der Waals surface area contributed by atoms with Gasteiger partial charge in [-0.2, -0.15) is 0 Å². The zero-order chi connectivity index (χ0) is 12.3. The standard InChI is InChI=1S/C13H16ClNO2/c14-11-3-1-2-10(8-11)9-13(12(16)17)4-6-15-7-5-13/h1-3,8,15H,4-7,9H2,(H,16,17). The van der Waals surface area contributed by atoms with E-state index in [2.05, 4.69) is 5.32 Å². The second-order valence-electron chi connectivity index (χ2n) is 4.64. The second-order valence-corrected chi connectivity index (χ2v) is 5.08. The van der Waals surface area contributed by atoms with E-state index >= 15 is 0 Å². The number of carbonyl (C=O) groups is 1. The predicted octanol–water partition coefficient (Wildman–Crippen LogP) is 2.34. The third kappa shape index (κ3) is 2.79. The summed E-state index contributed by atoms with van der Waals surface area (Å²) in [7, 11) is 0. The highest BCUT2D eigenvalue weighted by Gasteiger charge is 2.39. The van der Waals surface area contributed by atoms with Crippen LogP contribution in [0.3, 0.4) is 0 Å². The van der Waals surface area contributed by atoms with Crippen LogP contribution in [-0.4, -0.2) is 24.2 Å². The van der Waals surface area contributed by atoms with Crippen molar-refractivity contribution in [2.45, 2.75) is 19.3 Å². The van der Waals surface area contributed by atoms with Crippen LogP contribution in [0.4, 0.5) is 0 Å². The van der Waals surface area contributed by atoms with E-state index in [0.717, 1.165) is 18.7 Å². The van der Waals surface area contributed by atoms with Gasteiger partial charge in [0.1, 0.15) is 0 Å². The van der Waals surface area contributed by atoms with E-state index in [0.29, 0.717) is 24.3 Å². The number of piperidine rings is 1. The summed E-state index contributed by atoms with van der Waals surface area (Å²) in [5.41, 5.74) is 0.373. The molecule has 1 saturated heterocycles. The van der Waals surface area contributed by atoms with Crippen LogP contribution in [0.15, 0.2) is 24.3 Å². The minimum atomic E-state index is -0.695. The fraction of sp³-hybridized carbons (Fsp3) is 0.462. The monoisotopic (exact) mass is 253 g/mol. The van der Waals surface area contributed by atoms with Crippen LogP contribution < -0.4 is 5.32 Å². The molecule has 0 aliphatic carbocycles. The summed E-state index contributed by atoms with van der Waals surface area (Å²) in [4.78, 5) is 11.5. The molecule has 17 heavy (non-hydrogen) atoms. The van der Waals surface area contributed by atoms with Gasteiger partial charge in [0.2, 0.25) is 0 Å². The molecule has 1 heterocycles. The molecule has 0 radical (unpaired) electrons. The van der Waals surface area contributed by atoms with Crippen LogP contribution >= 0.6 is 11.6 Å². The van der Waals surface area contributed by atoms with E-state index in [1.807, 2.05) is 18.2 Å². The van der Waals surface area contributed by atoms with Gasteiger partial charge in [-0.05, 0) is 50.0 Å². The third-order valence-electron chi connectivity index (χ3n) is 3.45. The normalized spacial score (nSPS) is 18.9. The van der Waals surface area contributed by atoms with Gasteiger partial charge in [0.25, 0.3) is 0 Å². The minimum Gasteiger partial charge on any atom is -0.481 e. The van der Waals surface area contributed by atoms with E-state index in [4.69, 9.17) is 11.6 Å². The molecule has 0 amide bonds. The Kier molecular flexibility index (Phi) is 3.69. The summed E-state index contributed by atoms with van der Waals surface area (Å²) in [6.07, 6.45) is 1.91. The molecule has 0 spiro atoms. The van der Waals surface area contributed by atoms with Crippen molar-refractivity contribution in [1.29, 1.82) is 0 Å². The maximum atomic E-state index is 11.5. The number of hydrogen-bond donors (Lipinski definition) is 2. The van der Waals surface area contributed by atoms with Crippen molar-refractivity contribution in [3.05, 3.63) is 34.9 Å². The quantitative estimate of drug-likeness (QED) is 0.869. The van der Waals surface area contributed by atoms with Crippen molar-refractivity contribution in [1.82, 2.24) is 5.32 Å². The molecule has 2 N–H and O–H groups in total. The van der Waals surface area contributed by atoms with Gasteiger partial charge in [-0.15, -0.1) is 0 Å². The summed E-state index contributed by atoms with van der Waals surface area (Å²) in [6.45, 7) is 1.54. The molecule has 1 aliphatic rings. The molecule has 1 aromatic carbocycles. The highest BCUT2D eigenvalue weighted by molar-refractivity contribution is 6.30. The zero-order valence-corrected chi connectivity index (χ0v) is 10.3. The van der Waals surface area contributed by atoms with Gasteiger partial charge in [-0.3, -0.25) is 4.79 Å². The van der Waals surface area contributed by atoms with Crippen molar-refractivity contribution in [3.8, 4) is 0 Å². The maximum Gasteiger partial charge on any atom is 0.310 e. The topological polar surface area (TPSA) is 49.3 Å². The highest BCUT2D eigenvalue weighted by atomic mass is 35.5. The molecule has 3 nitrogen and oxygen atoms in total. The lowest BCUT2D eigenvalue weighted by Crippen LogP contribution is -2.43. The Morgan fingerprint density at radius 1 is 1.41 bits per heavy atom. The Labute approximate surface area is 106 Å². The number of nitrogens with one attached hydrogen (secondary N) is 1. The first-order valence-corrected chi connectivity index (χ1v) is 6.19. The van der Waals surface area contributed by atoms with Gasteiger partial charge in [0.15, 0.2) is 0 Å². The molecule has 2 rings (SSSR count). The first-order valence-electron chi connectivity index (χ1n) is 5.81. The van der Waals surface area contributed by atoms with Gasteiger partial charge >= 0.3 is 5.97 Å². The number of benzene rings is 1. The zero-order valence-electron chi connectivity index (χ0n) is 9.58. The van der Waals surface area contributed by atoms with Crippen molar-refractivity contribution < 1.29 is 9.90 Å². The van der Waals surface area contributed by atoms with Crippen molar-refractivity contribution in [3.63, 3.8) is 0 Å². The van der Waals surface area contributed by atoms with Gasteiger partial charge in [0, 0.05) is 5.02 Å². The van der Waals surface area contributed by atoms with Gasteiger partial charge in [0.05, 0.1) is 5.41 Å². The van der Waals surface area contributed by atoms with Gasteiger partial charge in [-0.1, -0.05) is 23.7 Å². The van der Waals surface area contributed by atoms with Crippen molar-refractivity contribution in [2.24, 2.45) is 5.41 Å². The summed E-state index contributed by atoms with van der Waals surface area (Å²) >= 11 is 5.93. The number of carboxylic acid groups (broad SMARTS) is 1. The Bertz CT molecular complexity index is 414. The maximum absolute atomic E-state index is 11.5. The van der Waals surface area contributed by atoms with Crippen LogP contribution in [0.2, 0.25) is 5.02 Å². The van der Waals surface area contributed by atoms with E-state index in [1.165, 1.54) is 0 Å². The molecule has 1 aromatic rings. The number of rotatable bonds is 3. The van der Waals surface area contributed by atoms with Crippen LogP contribution in [-0.2, 0) is 11.2 Å². The van der Waals surface area contributed by atoms with Crippen LogP contribution in [0.5, 0.6) is 0 Å². The van der Waals surface area contributed by atoms with Gasteiger partial charge in [-0.25, -0.2) is 0 Å². The Hall–Kier alpha value is -1.06. The molecule has 1 fully saturated rings. The minimum absolute atomic E-state index is 0.560. The van der Waals surface area contributed by atoms with Crippen LogP contribution in [0.25, 0.3) is 0 Å². The van der Waals surface area contributed by atoms with Gasteiger partial charge < -0.3 is 10.4 Å². The summed E-state index contributed by atoms with van der Waals surface area (Å²) in [5, 5.41) is 13.3. The number of halogens is 1. The predicted molar refractivity (Wildman–Crippen MR) is 67.3 cm³/mol. The molecule has 0 saturated carbocycles. The first-order chi connectivity index (χ1) is 8.12. The molecular weight excluding hydrogens is 238 g/mol. The van der Waals surface area contributed by atoms with Crippen LogP contribution in [0.1, 0.15) is 18.4 Å². The van der Waals surface area contributed by atoms with Crippen molar-refractivity contribution >= 4 is 17.6 Å². The smallest absolute Gasteiger partial charge is 0.310 e. The molecule has 0 aromatic heterocycles. The lowest BCUT2D eigenvalue weighted by Gasteiger charge is -2.33. The fourth-order valence-corrected chi connectivity index (χ4v) is 2.62. The Morgan fingerprint density at radius 2 is 2.12 bits per heavy atom. The highest BCUT2D eigenvalue weighted by Crippen LogP contribution is 2.33. The Balaban J connectivity index is 2.20. The average Bonchev–Trinajstić information content (AvgIpc) is 2.30. The molecular formula is C13H16ClNO2. The summed E-state index contributed by atoms with van der Waals surface area (Å²) in [5.74, 6) is -0.695. The SMILES string of the molecule is O=C(O)C1(Cc2cccc(Cl)c2)CCNCC1. The van der Waals surface area contributed by atoms with E-state index in [9.17, 15) is 9.90 Å². The summed E-state index contributed by atoms with van der Waals surface area (Å²) < 4.78 is 0. The van der Waals surface area contributed by atoms with Crippen LogP contribution in [0, 0.1) is 5.41 Å². The van der Waals surface area contributed by atoms with E-state index in [-0.39, 0.29) is 0 Å². The van der Waals surface area contributed by atoms with E-state index < -0.39 is 11.4 Å². The Morgan fingerprint density at radius 3 is 2.71 bits per heavy atom.